The summed E-state index contributed by atoms with van der Waals surface area (Å²) in [6.45, 7) is 4.73. The van der Waals surface area contributed by atoms with E-state index in [9.17, 15) is 9.90 Å². The Bertz CT molecular complexity index is 472. The van der Waals surface area contributed by atoms with Crippen LogP contribution in [0.15, 0.2) is 12.4 Å². The van der Waals surface area contributed by atoms with Crippen LogP contribution in [0.25, 0.3) is 0 Å². The summed E-state index contributed by atoms with van der Waals surface area (Å²) in [5.74, 6) is 0.728. The van der Waals surface area contributed by atoms with Gasteiger partial charge in [0, 0.05) is 32.4 Å². The van der Waals surface area contributed by atoms with Gasteiger partial charge in [0.2, 0.25) is 0 Å². The second-order valence-corrected chi connectivity index (χ2v) is 5.26. The zero-order valence-corrected chi connectivity index (χ0v) is 12.4. The molecule has 0 aliphatic heterocycles. The van der Waals surface area contributed by atoms with Gasteiger partial charge in [-0.3, -0.25) is 0 Å². The van der Waals surface area contributed by atoms with E-state index < -0.39 is 5.60 Å². The fraction of sp³-hybridized carbons (Fsp3) is 0.643. The molecule has 7 heteroatoms. The minimum absolute atomic E-state index is 0.0971. The molecule has 7 nitrogen and oxygen atoms in total. The van der Waals surface area contributed by atoms with Crippen molar-refractivity contribution in [3.63, 3.8) is 0 Å². The zero-order chi connectivity index (χ0) is 15.3. The van der Waals surface area contributed by atoms with E-state index >= 15 is 0 Å². The van der Waals surface area contributed by atoms with Crippen LogP contribution in [-0.2, 0) is 11.2 Å². The Labute approximate surface area is 124 Å². The third kappa shape index (κ3) is 4.37. The van der Waals surface area contributed by atoms with Crippen LogP contribution in [0.4, 0.5) is 10.5 Å². The summed E-state index contributed by atoms with van der Waals surface area (Å²) in [5.41, 5.74) is -0.336. The molecule has 3 N–H and O–H groups in total. The van der Waals surface area contributed by atoms with E-state index in [1.54, 1.807) is 12.4 Å². The number of nitrogens with one attached hydrogen (secondary N) is 2. The molecule has 0 saturated heterocycles. The molecule has 1 aliphatic rings. The molecule has 2 rings (SSSR count). The SMILES string of the molecule is CCOC1CC(O)(CNC(=O)Nc2cnc(CC)nc2)C1. The Kier molecular flexibility index (Phi) is 5.08. The molecular formula is C14H22N4O3. The number of rotatable bonds is 6. The Morgan fingerprint density at radius 2 is 2.10 bits per heavy atom. The van der Waals surface area contributed by atoms with Crippen molar-refractivity contribution in [2.24, 2.45) is 0 Å². The highest BCUT2D eigenvalue weighted by Gasteiger charge is 2.43. The molecule has 1 heterocycles. The van der Waals surface area contributed by atoms with Crippen LogP contribution in [0.3, 0.4) is 0 Å². The minimum Gasteiger partial charge on any atom is -0.388 e. The number of hydrogen-bond acceptors (Lipinski definition) is 5. The van der Waals surface area contributed by atoms with Crippen molar-refractivity contribution in [1.29, 1.82) is 0 Å². The molecule has 1 aromatic heterocycles. The van der Waals surface area contributed by atoms with Crippen LogP contribution in [-0.4, -0.2) is 46.0 Å². The van der Waals surface area contributed by atoms with Crippen molar-refractivity contribution in [1.82, 2.24) is 15.3 Å². The first-order valence-electron chi connectivity index (χ1n) is 7.24. The number of carbonyl (C=O) groups excluding carboxylic acids is 1. The van der Waals surface area contributed by atoms with Crippen molar-refractivity contribution in [3.8, 4) is 0 Å². The molecule has 0 aromatic carbocycles. The molecule has 1 aliphatic carbocycles. The van der Waals surface area contributed by atoms with E-state index in [1.165, 1.54) is 0 Å². The quantitative estimate of drug-likeness (QED) is 0.730. The molecule has 0 radical (unpaired) electrons. The summed E-state index contributed by atoms with van der Waals surface area (Å²) in [4.78, 5) is 19.9. The number of hydrogen-bond donors (Lipinski definition) is 3. The monoisotopic (exact) mass is 294 g/mol. The molecule has 0 unspecified atom stereocenters. The van der Waals surface area contributed by atoms with Gasteiger partial charge in [0.25, 0.3) is 0 Å². The van der Waals surface area contributed by atoms with Gasteiger partial charge in [-0.05, 0) is 6.92 Å². The summed E-state index contributed by atoms with van der Waals surface area (Å²) in [6.07, 6.45) is 5.08. The number of anilines is 1. The number of aliphatic hydroxyl groups is 1. The van der Waals surface area contributed by atoms with Gasteiger partial charge in [-0.1, -0.05) is 6.92 Å². The Hall–Kier alpha value is -1.73. The van der Waals surface area contributed by atoms with Crippen LogP contribution in [0, 0.1) is 0 Å². The van der Waals surface area contributed by atoms with Crippen molar-refractivity contribution < 1.29 is 14.6 Å². The van der Waals surface area contributed by atoms with Gasteiger partial charge >= 0.3 is 6.03 Å². The second kappa shape index (κ2) is 6.82. The standard InChI is InChI=1S/C14H22N4O3/c1-3-12-15-7-10(8-16-12)18-13(19)17-9-14(20)5-11(6-14)21-4-2/h7-8,11,20H,3-6,9H2,1-2H3,(H2,17,18,19). The van der Waals surface area contributed by atoms with Gasteiger partial charge in [-0.25, -0.2) is 14.8 Å². The Balaban J connectivity index is 1.72. The normalized spacial score (nSPS) is 24.2. The highest BCUT2D eigenvalue weighted by atomic mass is 16.5. The van der Waals surface area contributed by atoms with E-state index in [2.05, 4.69) is 20.6 Å². The molecule has 0 spiro atoms. The van der Waals surface area contributed by atoms with Crippen molar-refractivity contribution in [3.05, 3.63) is 18.2 Å². The number of aryl methyl sites for hydroxylation is 1. The average Bonchev–Trinajstić information content (AvgIpc) is 2.45. The minimum atomic E-state index is -0.861. The summed E-state index contributed by atoms with van der Waals surface area (Å²) in [7, 11) is 0. The number of carbonyl (C=O) groups is 1. The van der Waals surface area contributed by atoms with E-state index in [-0.39, 0.29) is 18.7 Å². The van der Waals surface area contributed by atoms with Crippen LogP contribution in [0.1, 0.15) is 32.5 Å². The maximum atomic E-state index is 11.7. The van der Waals surface area contributed by atoms with E-state index in [0.717, 1.165) is 12.2 Å². The Morgan fingerprint density at radius 1 is 1.43 bits per heavy atom. The first-order valence-corrected chi connectivity index (χ1v) is 7.24. The van der Waals surface area contributed by atoms with Crippen molar-refractivity contribution in [2.45, 2.75) is 44.8 Å². The lowest BCUT2D eigenvalue weighted by Gasteiger charge is -2.43. The molecule has 2 amide bonds. The van der Waals surface area contributed by atoms with Gasteiger partial charge in [0.15, 0.2) is 0 Å². The molecule has 21 heavy (non-hydrogen) atoms. The molecule has 0 bridgehead atoms. The van der Waals surface area contributed by atoms with Crippen LogP contribution in [0.5, 0.6) is 0 Å². The van der Waals surface area contributed by atoms with E-state index in [0.29, 0.717) is 25.1 Å². The van der Waals surface area contributed by atoms with Crippen LogP contribution >= 0.6 is 0 Å². The average molecular weight is 294 g/mol. The predicted molar refractivity (Wildman–Crippen MR) is 78.0 cm³/mol. The Morgan fingerprint density at radius 3 is 2.67 bits per heavy atom. The molecule has 116 valence electrons. The zero-order valence-electron chi connectivity index (χ0n) is 12.4. The van der Waals surface area contributed by atoms with Gasteiger partial charge < -0.3 is 20.5 Å². The van der Waals surface area contributed by atoms with E-state index in [1.807, 2.05) is 13.8 Å². The summed E-state index contributed by atoms with van der Waals surface area (Å²) >= 11 is 0. The van der Waals surface area contributed by atoms with Gasteiger partial charge in [-0.15, -0.1) is 0 Å². The largest absolute Gasteiger partial charge is 0.388 e. The van der Waals surface area contributed by atoms with Crippen molar-refractivity contribution >= 4 is 11.7 Å². The first-order chi connectivity index (χ1) is 10.0. The van der Waals surface area contributed by atoms with E-state index in [4.69, 9.17) is 4.74 Å². The fourth-order valence-electron chi connectivity index (χ4n) is 2.31. The lowest BCUT2D eigenvalue weighted by molar-refractivity contribution is -0.133. The number of aromatic nitrogens is 2. The number of amides is 2. The van der Waals surface area contributed by atoms with Crippen LogP contribution < -0.4 is 10.6 Å². The first kappa shape index (κ1) is 15.7. The third-order valence-electron chi connectivity index (χ3n) is 3.48. The number of ether oxygens (including phenoxy) is 1. The smallest absolute Gasteiger partial charge is 0.319 e. The maximum Gasteiger partial charge on any atom is 0.319 e. The summed E-state index contributed by atoms with van der Waals surface area (Å²) < 4.78 is 5.39. The lowest BCUT2D eigenvalue weighted by atomic mass is 9.77. The van der Waals surface area contributed by atoms with Gasteiger partial charge in [0.05, 0.1) is 29.8 Å². The lowest BCUT2D eigenvalue weighted by Crippen LogP contribution is -2.55. The highest BCUT2D eigenvalue weighted by Crippen LogP contribution is 2.33. The molecule has 1 aromatic rings. The van der Waals surface area contributed by atoms with Gasteiger partial charge in [-0.2, -0.15) is 0 Å². The predicted octanol–water partition coefficient (Wildman–Crippen LogP) is 1.09. The molecular weight excluding hydrogens is 272 g/mol. The molecule has 1 fully saturated rings. The van der Waals surface area contributed by atoms with Crippen molar-refractivity contribution in [2.75, 3.05) is 18.5 Å². The molecule has 1 saturated carbocycles. The summed E-state index contributed by atoms with van der Waals surface area (Å²) in [5, 5.41) is 15.4. The highest BCUT2D eigenvalue weighted by molar-refractivity contribution is 5.88. The number of urea groups is 1. The summed E-state index contributed by atoms with van der Waals surface area (Å²) in [6, 6.07) is -0.379. The third-order valence-corrected chi connectivity index (χ3v) is 3.48. The topological polar surface area (TPSA) is 96.4 Å². The number of nitrogens with zero attached hydrogens (tertiary/aromatic N) is 2. The molecule has 0 atom stereocenters. The van der Waals surface area contributed by atoms with Crippen LogP contribution in [0.2, 0.25) is 0 Å². The fourth-order valence-corrected chi connectivity index (χ4v) is 2.31. The second-order valence-electron chi connectivity index (χ2n) is 5.26. The maximum absolute atomic E-state index is 11.7. The van der Waals surface area contributed by atoms with Gasteiger partial charge in [0.1, 0.15) is 5.82 Å².